The van der Waals surface area contributed by atoms with Gasteiger partial charge in [0, 0.05) is 34.2 Å². The van der Waals surface area contributed by atoms with Gasteiger partial charge in [0.1, 0.15) is 0 Å². The molecule has 0 spiro atoms. The largest absolute Gasteiger partial charge is 0.361 e. The molecule has 23 heavy (non-hydrogen) atoms. The number of aromatic nitrogens is 2. The Balaban J connectivity index is 1.93. The van der Waals surface area contributed by atoms with Crippen molar-refractivity contribution in [3.63, 3.8) is 0 Å². The van der Waals surface area contributed by atoms with Crippen molar-refractivity contribution in [2.24, 2.45) is 0 Å². The summed E-state index contributed by atoms with van der Waals surface area (Å²) in [4.78, 5) is 7.59. The van der Waals surface area contributed by atoms with Crippen LogP contribution in [-0.2, 0) is 0 Å². The Labute approximate surface area is 133 Å². The first-order valence-electron chi connectivity index (χ1n) is 7.39. The normalized spacial score (nSPS) is 11.7. The van der Waals surface area contributed by atoms with Gasteiger partial charge in [-0.3, -0.25) is 4.98 Å². The zero-order valence-corrected chi connectivity index (χ0v) is 12.3. The van der Waals surface area contributed by atoms with E-state index in [1.54, 1.807) is 6.20 Å². The molecular formula is C20H13N3. The summed E-state index contributed by atoms with van der Waals surface area (Å²) in [6, 6.07) is 20.2. The van der Waals surface area contributed by atoms with Crippen molar-refractivity contribution >= 4 is 33.5 Å². The van der Waals surface area contributed by atoms with Crippen LogP contribution in [0.5, 0.6) is 0 Å². The van der Waals surface area contributed by atoms with Crippen LogP contribution in [0.15, 0.2) is 67.0 Å². The molecule has 0 aliphatic rings. The van der Waals surface area contributed by atoms with Gasteiger partial charge in [-0.1, -0.05) is 36.4 Å². The van der Waals surface area contributed by atoms with Gasteiger partial charge in [-0.2, -0.15) is 5.26 Å². The van der Waals surface area contributed by atoms with Crippen molar-refractivity contribution in [2.45, 2.75) is 0 Å². The number of nitriles is 1. The van der Waals surface area contributed by atoms with Crippen molar-refractivity contribution in [3.8, 4) is 6.07 Å². The maximum atomic E-state index is 9.64. The van der Waals surface area contributed by atoms with Gasteiger partial charge in [0.15, 0.2) is 0 Å². The lowest BCUT2D eigenvalue weighted by atomic mass is 10.0. The number of hydrogen-bond acceptors (Lipinski definition) is 2. The van der Waals surface area contributed by atoms with E-state index in [9.17, 15) is 5.26 Å². The van der Waals surface area contributed by atoms with E-state index in [-0.39, 0.29) is 0 Å². The van der Waals surface area contributed by atoms with Crippen molar-refractivity contribution in [1.29, 1.82) is 5.26 Å². The molecule has 4 aromatic rings. The molecule has 0 saturated carbocycles. The molecule has 0 aliphatic heterocycles. The Morgan fingerprint density at radius 1 is 1.00 bits per heavy atom. The van der Waals surface area contributed by atoms with Gasteiger partial charge in [0.2, 0.25) is 0 Å². The number of hydrogen-bond donors (Lipinski definition) is 1. The van der Waals surface area contributed by atoms with E-state index in [4.69, 9.17) is 0 Å². The summed E-state index contributed by atoms with van der Waals surface area (Å²) in [7, 11) is 0. The molecule has 3 heteroatoms. The summed E-state index contributed by atoms with van der Waals surface area (Å²) in [6.07, 6.45) is 5.60. The summed E-state index contributed by atoms with van der Waals surface area (Å²) >= 11 is 0. The first-order valence-corrected chi connectivity index (χ1v) is 7.39. The third-order valence-electron chi connectivity index (χ3n) is 3.98. The molecule has 3 nitrogen and oxygen atoms in total. The van der Waals surface area contributed by atoms with E-state index < -0.39 is 0 Å². The smallest absolute Gasteiger partial charge is 0.0998 e. The van der Waals surface area contributed by atoms with E-state index in [0.717, 1.165) is 32.9 Å². The van der Waals surface area contributed by atoms with Gasteiger partial charge < -0.3 is 4.98 Å². The third kappa shape index (κ3) is 2.27. The lowest BCUT2D eigenvalue weighted by molar-refractivity contribution is 1.41. The molecule has 0 amide bonds. The highest BCUT2D eigenvalue weighted by molar-refractivity contribution is 6.03. The van der Waals surface area contributed by atoms with E-state index in [2.05, 4.69) is 16.0 Å². The van der Waals surface area contributed by atoms with Crippen LogP contribution >= 0.6 is 0 Å². The Bertz CT molecular complexity index is 1080. The standard InChI is InChI=1S/C20H13N3/c21-12-15(18-13-23-20-8-2-1-6-17(18)20)11-14-5-3-9-19-16(14)7-4-10-22-19/h1-11,13,23H. The third-order valence-corrected chi connectivity index (χ3v) is 3.98. The number of pyridine rings is 1. The Hall–Kier alpha value is -3.38. The number of allylic oxidation sites excluding steroid dienone is 1. The quantitative estimate of drug-likeness (QED) is 0.541. The van der Waals surface area contributed by atoms with Crippen LogP contribution in [-0.4, -0.2) is 9.97 Å². The van der Waals surface area contributed by atoms with E-state index in [1.165, 1.54) is 0 Å². The topological polar surface area (TPSA) is 52.5 Å². The van der Waals surface area contributed by atoms with Crippen molar-refractivity contribution < 1.29 is 0 Å². The van der Waals surface area contributed by atoms with Crippen molar-refractivity contribution in [3.05, 3.63) is 78.1 Å². The number of rotatable bonds is 2. The number of H-pyrrole nitrogens is 1. The Morgan fingerprint density at radius 3 is 2.78 bits per heavy atom. The number of fused-ring (bicyclic) bond motifs is 2. The lowest BCUT2D eigenvalue weighted by Gasteiger charge is -2.03. The van der Waals surface area contributed by atoms with Gasteiger partial charge in [-0.25, -0.2) is 0 Å². The van der Waals surface area contributed by atoms with Crippen molar-refractivity contribution in [2.75, 3.05) is 0 Å². The minimum Gasteiger partial charge on any atom is -0.361 e. The van der Waals surface area contributed by atoms with E-state index in [1.807, 2.05) is 66.9 Å². The lowest BCUT2D eigenvalue weighted by Crippen LogP contribution is -1.84. The predicted octanol–water partition coefficient (Wildman–Crippen LogP) is 4.78. The maximum absolute atomic E-state index is 9.64. The number of para-hydroxylation sites is 1. The van der Waals surface area contributed by atoms with Crippen LogP contribution in [0.2, 0.25) is 0 Å². The fourth-order valence-corrected chi connectivity index (χ4v) is 2.87. The zero-order valence-electron chi connectivity index (χ0n) is 12.3. The Kier molecular flexibility index (Phi) is 3.14. The molecule has 0 bridgehead atoms. The van der Waals surface area contributed by atoms with Gasteiger partial charge >= 0.3 is 0 Å². The molecular weight excluding hydrogens is 282 g/mol. The second kappa shape index (κ2) is 5.43. The molecule has 0 unspecified atom stereocenters. The van der Waals surface area contributed by atoms with Crippen molar-refractivity contribution in [1.82, 2.24) is 9.97 Å². The second-order valence-corrected chi connectivity index (χ2v) is 5.34. The van der Waals surface area contributed by atoms with Crippen LogP contribution < -0.4 is 0 Å². The summed E-state index contributed by atoms with van der Waals surface area (Å²) in [6.45, 7) is 0. The molecule has 0 saturated heterocycles. The molecule has 0 radical (unpaired) electrons. The van der Waals surface area contributed by atoms with E-state index in [0.29, 0.717) is 5.57 Å². The van der Waals surface area contributed by atoms with Crippen LogP contribution in [0.25, 0.3) is 33.5 Å². The fourth-order valence-electron chi connectivity index (χ4n) is 2.87. The molecule has 0 fully saturated rings. The minimum atomic E-state index is 0.638. The van der Waals surface area contributed by atoms with Crippen LogP contribution in [0.1, 0.15) is 11.1 Å². The summed E-state index contributed by atoms with van der Waals surface area (Å²) < 4.78 is 0. The predicted molar refractivity (Wildman–Crippen MR) is 93.5 cm³/mol. The van der Waals surface area contributed by atoms with E-state index >= 15 is 0 Å². The molecule has 2 heterocycles. The monoisotopic (exact) mass is 295 g/mol. The molecule has 0 atom stereocenters. The number of aromatic amines is 1. The molecule has 0 aliphatic carbocycles. The molecule has 2 aromatic heterocycles. The molecule has 4 rings (SSSR count). The fraction of sp³-hybridized carbons (Fsp3) is 0. The maximum Gasteiger partial charge on any atom is 0.0998 e. The van der Waals surface area contributed by atoms with Crippen LogP contribution in [0.4, 0.5) is 0 Å². The van der Waals surface area contributed by atoms with Gasteiger partial charge in [-0.05, 0) is 29.8 Å². The highest BCUT2D eigenvalue weighted by Gasteiger charge is 2.09. The number of benzene rings is 2. The SMILES string of the molecule is N#CC(=Cc1cccc2ncccc12)c1c[nH]c2ccccc12. The highest BCUT2D eigenvalue weighted by atomic mass is 14.7. The average Bonchev–Trinajstić information content (AvgIpc) is 3.04. The zero-order chi connectivity index (χ0) is 15.6. The number of nitrogens with zero attached hydrogens (tertiary/aromatic N) is 2. The first-order chi connectivity index (χ1) is 11.4. The summed E-state index contributed by atoms with van der Waals surface area (Å²) in [5, 5.41) is 11.7. The van der Waals surface area contributed by atoms with Crippen LogP contribution in [0.3, 0.4) is 0 Å². The van der Waals surface area contributed by atoms with Gasteiger partial charge in [0.05, 0.1) is 17.2 Å². The number of nitrogens with one attached hydrogen (secondary N) is 1. The van der Waals surface area contributed by atoms with Gasteiger partial charge in [-0.15, -0.1) is 0 Å². The van der Waals surface area contributed by atoms with Gasteiger partial charge in [0.25, 0.3) is 0 Å². The molecule has 2 aromatic carbocycles. The average molecular weight is 295 g/mol. The second-order valence-electron chi connectivity index (χ2n) is 5.34. The molecule has 108 valence electrons. The highest BCUT2D eigenvalue weighted by Crippen LogP contribution is 2.28. The van der Waals surface area contributed by atoms with Crippen LogP contribution in [0, 0.1) is 11.3 Å². The molecule has 1 N–H and O–H groups in total. The summed E-state index contributed by atoms with van der Waals surface area (Å²) in [5.41, 5.74) is 4.51. The minimum absolute atomic E-state index is 0.638. The summed E-state index contributed by atoms with van der Waals surface area (Å²) in [5.74, 6) is 0. The Morgan fingerprint density at radius 2 is 1.87 bits per heavy atom. The first kappa shape index (κ1) is 13.3.